The van der Waals surface area contributed by atoms with Crippen molar-refractivity contribution in [3.63, 3.8) is 0 Å². The minimum absolute atomic E-state index is 0. The third kappa shape index (κ3) is 17.4. The summed E-state index contributed by atoms with van der Waals surface area (Å²) in [5.41, 5.74) is 1.06. The number of rotatable bonds is 8. The van der Waals surface area contributed by atoms with Gasteiger partial charge in [-0.2, -0.15) is 5.90 Å². The third-order valence-electron chi connectivity index (χ3n) is 11.2. The predicted molar refractivity (Wildman–Crippen MR) is 295 cm³/mol. The minimum Gasteiger partial charge on any atom is -0.492 e. The van der Waals surface area contributed by atoms with E-state index >= 15 is 0 Å². The van der Waals surface area contributed by atoms with Crippen molar-refractivity contribution in [1.82, 2.24) is 19.6 Å². The second kappa shape index (κ2) is 30.4. The average Bonchev–Trinajstić information content (AvgIpc) is 2.71. The molecule has 85 heavy (non-hydrogen) atoms. The van der Waals surface area contributed by atoms with Crippen molar-refractivity contribution in [2.24, 2.45) is 11.1 Å². The number of nitrogens with two attached hydrogens (primary N) is 1. The van der Waals surface area contributed by atoms with Crippen LogP contribution in [0.15, 0.2) is 172 Å². The Morgan fingerprint density at radius 3 is 1.24 bits per heavy atom. The molecule has 0 bridgehead atoms. The number of aryl methyl sites for hydroxylation is 2. The molecule has 2 aromatic heterocycles. The molecule has 0 saturated carbocycles. The summed E-state index contributed by atoms with van der Waals surface area (Å²) in [4.78, 5) is 93.8. The molecule has 0 unspecified atom stereocenters. The van der Waals surface area contributed by atoms with E-state index in [1.807, 2.05) is 0 Å². The van der Waals surface area contributed by atoms with Crippen LogP contribution >= 0.6 is 12.4 Å². The Balaban J connectivity index is 0.000000224. The van der Waals surface area contributed by atoms with Crippen LogP contribution in [0, 0.1) is 37.1 Å². The number of aromatic hydroxyl groups is 2. The molecule has 29 heteroatoms. The van der Waals surface area contributed by atoms with E-state index in [-0.39, 0.29) is 72.3 Å². The normalized spacial score (nSPS) is 11.6. The lowest BCUT2D eigenvalue weighted by molar-refractivity contribution is -0.0327. The molecule has 9 N–H and O–H groups in total. The highest BCUT2D eigenvalue weighted by molar-refractivity contribution is 6.58. The smallest absolute Gasteiger partial charge is 0.488 e. The van der Waals surface area contributed by atoms with Gasteiger partial charge in [-0.25, -0.2) is 17.6 Å². The number of pyridine rings is 2. The summed E-state index contributed by atoms with van der Waals surface area (Å²) in [5, 5.41) is 68.0. The number of amides is 4. The third-order valence-corrected chi connectivity index (χ3v) is 11.2. The highest BCUT2D eigenvalue weighted by Gasteiger charge is 2.38. The molecule has 0 atom stereocenters. The molecule has 0 saturated heterocycles. The van der Waals surface area contributed by atoms with E-state index in [0.717, 1.165) is 12.1 Å². The van der Waals surface area contributed by atoms with Crippen molar-refractivity contribution in [2.75, 3.05) is 0 Å². The van der Waals surface area contributed by atoms with Gasteiger partial charge in [-0.3, -0.25) is 38.8 Å². The molecule has 2 aliphatic heterocycles. The number of Topliss-reactive ketones (excluding diaryl/α,β-unsaturated/α-hetero) is 1. The van der Waals surface area contributed by atoms with Crippen LogP contribution in [0.1, 0.15) is 82.3 Å². The Hall–Kier alpha value is -10.6. The Bertz CT molecular complexity index is 3790. The van der Waals surface area contributed by atoms with Gasteiger partial charge in [0.1, 0.15) is 29.0 Å². The summed E-state index contributed by atoms with van der Waals surface area (Å²) in [6, 6.07) is 35.7. The number of carbonyl (C=O) groups is 5. The quantitative estimate of drug-likeness (QED) is 0.0119. The summed E-state index contributed by atoms with van der Waals surface area (Å²) >= 11 is 0. The highest BCUT2D eigenvalue weighted by atomic mass is 35.5. The van der Waals surface area contributed by atoms with Crippen molar-refractivity contribution in [3.05, 3.63) is 246 Å². The molecule has 0 aliphatic carbocycles. The number of imide groups is 2. The van der Waals surface area contributed by atoms with E-state index < -0.39 is 71.0 Å². The predicted octanol–water partition coefficient (Wildman–Crippen LogP) is 6.44. The summed E-state index contributed by atoms with van der Waals surface area (Å²) in [6.07, 6.45) is 0. The first-order chi connectivity index (χ1) is 39.7. The van der Waals surface area contributed by atoms with E-state index in [0.29, 0.717) is 44.3 Å². The number of oxime groups is 1. The van der Waals surface area contributed by atoms with Crippen molar-refractivity contribution < 1.29 is 91.9 Å². The number of hydroxylamine groups is 4. The summed E-state index contributed by atoms with van der Waals surface area (Å²) in [7, 11) is -1.51. The number of hydrogen-bond acceptors (Lipinski definition) is 19. The van der Waals surface area contributed by atoms with Crippen LogP contribution < -0.4 is 37.0 Å². The zero-order chi connectivity index (χ0) is 62.1. The van der Waals surface area contributed by atoms with Crippen LogP contribution in [-0.2, 0) is 0 Å². The van der Waals surface area contributed by atoms with Gasteiger partial charge in [0.25, 0.3) is 34.7 Å². The Morgan fingerprint density at radius 2 is 0.859 bits per heavy atom. The van der Waals surface area contributed by atoms with Gasteiger partial charge in [0, 0.05) is 12.1 Å². The van der Waals surface area contributed by atoms with Gasteiger partial charge in [0.15, 0.2) is 17.3 Å². The first-order valence-electron chi connectivity index (χ1n) is 23.9. The number of carbonyl (C=O) groups excluding carboxylic acids is 5. The topological polar surface area (TPSA) is 344 Å². The first-order valence-corrected chi connectivity index (χ1v) is 23.9. The van der Waals surface area contributed by atoms with Crippen LogP contribution in [-0.4, -0.2) is 97.7 Å². The summed E-state index contributed by atoms with van der Waals surface area (Å²) in [6.45, 7) is 5.88. The fourth-order valence-corrected chi connectivity index (χ4v) is 7.13. The molecule has 0 fully saturated rings. The molecule has 10 rings (SSSR count). The van der Waals surface area contributed by atoms with Gasteiger partial charge < -0.3 is 45.2 Å². The fourth-order valence-electron chi connectivity index (χ4n) is 7.13. The van der Waals surface area contributed by atoms with Crippen LogP contribution in [0.25, 0.3) is 0 Å². The lowest BCUT2D eigenvalue weighted by Crippen LogP contribution is -2.33. The molecular formula is C56H48BClF4N6O17. The van der Waals surface area contributed by atoms with E-state index in [2.05, 4.69) is 9.99 Å². The first kappa shape index (κ1) is 66.9. The van der Waals surface area contributed by atoms with Crippen LogP contribution in [0.4, 0.5) is 17.6 Å². The molecule has 0 spiro atoms. The highest BCUT2D eigenvalue weighted by Crippen LogP contribution is 2.26. The van der Waals surface area contributed by atoms with Crippen LogP contribution in [0.5, 0.6) is 29.0 Å². The molecule has 0 radical (unpaired) electrons. The lowest BCUT2D eigenvalue weighted by atomic mass is 9.80. The molecule has 6 aromatic carbocycles. The lowest BCUT2D eigenvalue weighted by Gasteiger charge is -2.13. The van der Waals surface area contributed by atoms with Gasteiger partial charge in [0.2, 0.25) is 11.8 Å². The van der Waals surface area contributed by atoms with Gasteiger partial charge in [-0.15, -0.1) is 26.9 Å². The number of nitrogens with zero attached hydrogens (tertiary/aromatic N) is 5. The summed E-state index contributed by atoms with van der Waals surface area (Å²) in [5.74, 6) is 0.163. The molecule has 23 nitrogen and oxygen atoms in total. The molecule has 8 aromatic rings. The van der Waals surface area contributed by atoms with E-state index in [9.17, 15) is 66.5 Å². The monoisotopic (exact) mass is 1200 g/mol. The van der Waals surface area contributed by atoms with Crippen molar-refractivity contribution in [3.8, 4) is 29.0 Å². The summed E-state index contributed by atoms with van der Waals surface area (Å²) < 4.78 is 50.0. The maximum Gasteiger partial charge on any atom is 0.488 e. The number of halogens is 5. The molecule has 4 heterocycles. The van der Waals surface area contributed by atoms with E-state index in [4.69, 9.17) is 36.0 Å². The van der Waals surface area contributed by atoms with Gasteiger partial charge >= 0.3 is 7.12 Å². The SMILES string of the molecule is CC(=NOc1ccc(F)cc1)c1c(C)cc(=O)n(O)c1O.CC(=O)c1c(C)cc(=O)n(O)c1O.Cl.NOc1ccc(F)cc1.O=C1c2ccccc2C(=O)N1O.O=C1c2ccccc2C(=O)N1Oc1ccc(F)cc1.OB(O)c1ccc(F)cc1. The second-order valence-electron chi connectivity index (χ2n) is 17.1. The number of benzene rings is 6. The van der Waals surface area contributed by atoms with Crippen molar-refractivity contribution >= 4 is 60.1 Å². The molecule has 2 aliphatic rings. The average molecular weight is 1200 g/mol. The second-order valence-corrected chi connectivity index (χ2v) is 17.1. The largest absolute Gasteiger partial charge is 0.492 e. The maximum absolute atomic E-state index is 12.8. The number of fused-ring (bicyclic) bond motifs is 2. The Morgan fingerprint density at radius 1 is 0.518 bits per heavy atom. The number of hydrogen-bond donors (Lipinski definition) is 8. The van der Waals surface area contributed by atoms with Crippen molar-refractivity contribution in [1.29, 1.82) is 0 Å². The van der Waals surface area contributed by atoms with E-state index in [1.165, 1.54) is 130 Å². The van der Waals surface area contributed by atoms with Crippen LogP contribution in [0.3, 0.4) is 0 Å². The zero-order valence-electron chi connectivity index (χ0n) is 44.5. The van der Waals surface area contributed by atoms with Crippen LogP contribution in [0.2, 0.25) is 0 Å². The van der Waals surface area contributed by atoms with Crippen molar-refractivity contribution in [2.45, 2.75) is 27.7 Å². The Labute approximate surface area is 484 Å². The number of aromatic nitrogens is 2. The standard InChI is InChI=1S/C14H13FN2O4.C14H8FNO3.C8H9NO4.C8H5NO3.C6H6BFO2.C6H6FNO.ClH/c1-8-7-12(18)17(20)14(19)13(8)9(2)16-21-11-5-3-10(15)4-6-11;15-9-5-7-10(8-6-9)19-16-13(17)11-3-1-2-4-12(11)14(16)18;1-4-3-6(11)9(13)8(12)7(4)5(2)10;10-7-5-3-1-2-4-6(5)8(11)9(7)12;8-6-3-1-5(2-4-6)7(9)10;7-5-1-3-6(9-8)4-2-5;/h3-7,19-20H,1-2H3;1-8H;3,12-13H,1-2H3;1-4,12H;1-4,9-10H;1-4H,8H2;1H. The molecular weight excluding hydrogens is 1150 g/mol. The minimum atomic E-state index is -1.51. The Kier molecular flexibility index (Phi) is 23.9. The molecule has 4 amide bonds. The molecule has 442 valence electrons. The zero-order valence-corrected chi connectivity index (χ0v) is 45.4. The van der Waals surface area contributed by atoms with Gasteiger partial charge in [0.05, 0.1) is 39.1 Å². The van der Waals surface area contributed by atoms with E-state index in [1.54, 1.807) is 43.3 Å². The van der Waals surface area contributed by atoms with Gasteiger partial charge in [-0.1, -0.05) is 46.6 Å². The van der Waals surface area contributed by atoms with Gasteiger partial charge in [-0.05, 0) is 153 Å². The number of ketones is 1. The maximum atomic E-state index is 12.8. The fraction of sp³-hybridized carbons (Fsp3) is 0.0714.